The van der Waals surface area contributed by atoms with Gasteiger partial charge in [0.2, 0.25) is 0 Å². The monoisotopic (exact) mass is 461 g/mol. The molecule has 7 nitrogen and oxygen atoms in total. The summed E-state index contributed by atoms with van der Waals surface area (Å²) in [6.45, 7) is 7.39. The highest BCUT2D eigenvalue weighted by atomic mass is 35.5. The van der Waals surface area contributed by atoms with Crippen LogP contribution in [0.4, 0.5) is 9.80 Å². The van der Waals surface area contributed by atoms with E-state index in [2.05, 4.69) is 10.6 Å². The van der Waals surface area contributed by atoms with E-state index in [4.69, 9.17) is 16.3 Å². The molecule has 164 valence electrons. The van der Waals surface area contributed by atoms with Gasteiger partial charge in [0.1, 0.15) is 5.00 Å². The van der Waals surface area contributed by atoms with E-state index in [1.54, 1.807) is 45.2 Å². The molecular formula is C22H24ClN3O4S. The summed E-state index contributed by atoms with van der Waals surface area (Å²) in [6, 6.07) is 5.97. The SMILES string of the molecule is CCOC(=O)c1c(NC(=O)C2=C(C)N(C)C(=O)N[C@@H]2c2ccc(Cl)cc2)sc(C)c1C. The van der Waals surface area contributed by atoms with Crippen molar-refractivity contribution in [3.05, 3.63) is 62.1 Å². The molecule has 2 aromatic rings. The van der Waals surface area contributed by atoms with Gasteiger partial charge in [-0.25, -0.2) is 9.59 Å². The number of carbonyl (C=O) groups is 3. The molecule has 2 N–H and O–H groups in total. The van der Waals surface area contributed by atoms with E-state index in [9.17, 15) is 14.4 Å². The van der Waals surface area contributed by atoms with Crippen molar-refractivity contribution in [2.75, 3.05) is 19.0 Å². The van der Waals surface area contributed by atoms with Gasteiger partial charge in [0.05, 0.1) is 23.8 Å². The lowest BCUT2D eigenvalue weighted by atomic mass is 9.94. The number of anilines is 1. The standard InChI is InChI=1S/C22H24ClN3O4S/c1-6-30-21(28)16-11(2)13(4)31-20(16)25-19(27)17-12(3)26(5)22(29)24-18(17)14-7-9-15(23)10-8-14/h7-10,18H,6H2,1-5H3,(H,24,29)(H,25,27)/t18-/m1/s1. The molecule has 1 aromatic heterocycles. The number of nitrogens with zero attached hydrogens (tertiary/aromatic N) is 1. The maximum absolute atomic E-state index is 13.4. The number of nitrogens with one attached hydrogen (secondary N) is 2. The van der Waals surface area contributed by atoms with E-state index in [-0.39, 0.29) is 12.6 Å². The van der Waals surface area contributed by atoms with Crippen LogP contribution in [0.5, 0.6) is 0 Å². The molecule has 0 fully saturated rings. The zero-order valence-electron chi connectivity index (χ0n) is 18.0. The van der Waals surface area contributed by atoms with E-state index in [0.29, 0.717) is 26.9 Å². The van der Waals surface area contributed by atoms with Crippen LogP contribution in [0.25, 0.3) is 0 Å². The lowest BCUT2D eigenvalue weighted by Crippen LogP contribution is -2.46. The van der Waals surface area contributed by atoms with Crippen molar-refractivity contribution in [3.63, 3.8) is 0 Å². The topological polar surface area (TPSA) is 87.7 Å². The zero-order chi connectivity index (χ0) is 22.9. The molecule has 2 heterocycles. The predicted molar refractivity (Wildman–Crippen MR) is 122 cm³/mol. The number of hydrogen-bond acceptors (Lipinski definition) is 5. The average Bonchev–Trinajstić information content (AvgIpc) is 2.99. The van der Waals surface area contributed by atoms with Crippen LogP contribution in [-0.2, 0) is 9.53 Å². The van der Waals surface area contributed by atoms with Crippen LogP contribution in [0, 0.1) is 13.8 Å². The van der Waals surface area contributed by atoms with E-state index >= 15 is 0 Å². The second kappa shape index (κ2) is 9.11. The minimum atomic E-state index is -0.658. The van der Waals surface area contributed by atoms with Gasteiger partial charge in [-0.1, -0.05) is 23.7 Å². The van der Waals surface area contributed by atoms with Crippen molar-refractivity contribution in [2.45, 2.75) is 33.7 Å². The number of rotatable bonds is 5. The van der Waals surface area contributed by atoms with Gasteiger partial charge in [-0.3, -0.25) is 4.79 Å². The summed E-state index contributed by atoms with van der Waals surface area (Å²) in [4.78, 5) is 40.6. The number of urea groups is 1. The van der Waals surface area contributed by atoms with Crippen molar-refractivity contribution in [1.29, 1.82) is 0 Å². The summed E-state index contributed by atoms with van der Waals surface area (Å²) in [6.07, 6.45) is 0. The lowest BCUT2D eigenvalue weighted by molar-refractivity contribution is -0.113. The van der Waals surface area contributed by atoms with Crippen LogP contribution in [0.3, 0.4) is 0 Å². The third-order valence-corrected chi connectivity index (χ3v) is 6.67. The van der Waals surface area contributed by atoms with Gasteiger partial charge in [0.25, 0.3) is 5.91 Å². The molecule has 1 aliphatic rings. The summed E-state index contributed by atoms with van der Waals surface area (Å²) < 4.78 is 5.17. The number of ether oxygens (including phenoxy) is 1. The van der Waals surface area contributed by atoms with Crippen LogP contribution in [0.2, 0.25) is 5.02 Å². The number of aryl methyl sites for hydroxylation is 1. The van der Waals surface area contributed by atoms with Crippen LogP contribution in [0.15, 0.2) is 35.5 Å². The Labute approximate surface area is 190 Å². The highest BCUT2D eigenvalue weighted by molar-refractivity contribution is 7.16. The first-order valence-electron chi connectivity index (χ1n) is 9.74. The number of hydrogen-bond donors (Lipinski definition) is 2. The first kappa shape index (κ1) is 22.8. The molecule has 9 heteroatoms. The third kappa shape index (κ3) is 4.45. The van der Waals surface area contributed by atoms with E-state index < -0.39 is 17.9 Å². The van der Waals surface area contributed by atoms with Crippen LogP contribution in [0.1, 0.15) is 46.3 Å². The Morgan fingerprint density at radius 3 is 2.48 bits per heavy atom. The quantitative estimate of drug-likeness (QED) is 0.626. The smallest absolute Gasteiger partial charge is 0.341 e. The predicted octanol–water partition coefficient (Wildman–Crippen LogP) is 4.80. The lowest BCUT2D eigenvalue weighted by Gasteiger charge is -2.33. The van der Waals surface area contributed by atoms with E-state index in [1.807, 2.05) is 13.8 Å². The fraction of sp³-hybridized carbons (Fsp3) is 0.318. The van der Waals surface area contributed by atoms with E-state index in [1.165, 1.54) is 16.2 Å². The molecule has 3 amide bonds. The molecule has 0 unspecified atom stereocenters. The zero-order valence-corrected chi connectivity index (χ0v) is 19.5. The number of halogens is 1. The first-order valence-corrected chi connectivity index (χ1v) is 10.9. The van der Waals surface area contributed by atoms with E-state index in [0.717, 1.165) is 16.0 Å². The molecule has 31 heavy (non-hydrogen) atoms. The van der Waals surface area contributed by atoms with Crippen LogP contribution >= 0.6 is 22.9 Å². The summed E-state index contributed by atoms with van der Waals surface area (Å²) in [5.41, 5.74) is 2.74. The van der Waals surface area contributed by atoms with Gasteiger partial charge in [0.15, 0.2) is 0 Å². The Bertz CT molecular complexity index is 1080. The van der Waals surface area contributed by atoms with Gasteiger partial charge in [-0.15, -0.1) is 11.3 Å². The number of amides is 3. The molecule has 3 rings (SSSR count). The molecule has 0 radical (unpaired) electrons. The Morgan fingerprint density at radius 2 is 1.87 bits per heavy atom. The summed E-state index contributed by atoms with van der Waals surface area (Å²) in [5.74, 6) is -0.884. The highest BCUT2D eigenvalue weighted by Crippen LogP contribution is 2.36. The fourth-order valence-electron chi connectivity index (χ4n) is 3.37. The van der Waals surface area contributed by atoms with Gasteiger partial charge in [-0.05, 0) is 51.0 Å². The van der Waals surface area contributed by atoms with Gasteiger partial charge in [-0.2, -0.15) is 0 Å². The Balaban J connectivity index is 2.02. The maximum Gasteiger partial charge on any atom is 0.341 e. The first-order chi connectivity index (χ1) is 14.6. The molecular weight excluding hydrogens is 438 g/mol. The molecule has 1 aliphatic heterocycles. The average molecular weight is 462 g/mol. The summed E-state index contributed by atoms with van der Waals surface area (Å²) >= 11 is 7.31. The normalized spacial score (nSPS) is 16.3. The number of benzene rings is 1. The second-order valence-corrected chi connectivity index (χ2v) is 8.82. The fourth-order valence-corrected chi connectivity index (χ4v) is 4.54. The van der Waals surface area contributed by atoms with Crippen molar-refractivity contribution >= 4 is 45.8 Å². The van der Waals surface area contributed by atoms with Gasteiger partial charge >= 0.3 is 12.0 Å². The van der Waals surface area contributed by atoms with Gasteiger partial charge < -0.3 is 20.3 Å². The van der Waals surface area contributed by atoms with Crippen LogP contribution < -0.4 is 10.6 Å². The molecule has 1 atom stereocenters. The van der Waals surface area contributed by atoms with Crippen molar-refractivity contribution in [3.8, 4) is 0 Å². The number of allylic oxidation sites excluding steroid dienone is 1. The minimum Gasteiger partial charge on any atom is -0.462 e. The molecule has 0 saturated carbocycles. The Kier molecular flexibility index (Phi) is 6.71. The molecule has 0 aliphatic carbocycles. The molecule has 0 spiro atoms. The minimum absolute atomic E-state index is 0.236. The van der Waals surface area contributed by atoms with Crippen molar-refractivity contribution in [1.82, 2.24) is 10.2 Å². The molecule has 0 bridgehead atoms. The molecule has 1 aromatic carbocycles. The largest absolute Gasteiger partial charge is 0.462 e. The summed E-state index contributed by atoms with van der Waals surface area (Å²) in [7, 11) is 1.60. The van der Waals surface area contributed by atoms with Crippen LogP contribution in [-0.4, -0.2) is 36.5 Å². The Morgan fingerprint density at radius 1 is 1.23 bits per heavy atom. The van der Waals surface area contributed by atoms with Crippen molar-refractivity contribution in [2.24, 2.45) is 0 Å². The highest BCUT2D eigenvalue weighted by Gasteiger charge is 2.35. The number of carbonyl (C=O) groups excluding carboxylic acids is 3. The van der Waals surface area contributed by atoms with Crippen molar-refractivity contribution < 1.29 is 19.1 Å². The number of thiophene rings is 1. The second-order valence-electron chi connectivity index (χ2n) is 7.15. The maximum atomic E-state index is 13.4. The summed E-state index contributed by atoms with van der Waals surface area (Å²) in [5, 5.41) is 6.71. The Hall–Kier alpha value is -2.84. The molecule has 0 saturated heterocycles. The van der Waals surface area contributed by atoms with Gasteiger partial charge in [0, 0.05) is 22.6 Å². The third-order valence-electron chi connectivity index (χ3n) is 5.29. The number of esters is 1.